The minimum Gasteiger partial charge on any atom is -0.477 e. The van der Waals surface area contributed by atoms with E-state index in [2.05, 4.69) is 6.58 Å². The fourth-order valence-corrected chi connectivity index (χ4v) is 3.80. The Labute approximate surface area is 145 Å². The molecule has 1 amide bonds. The molecule has 1 aromatic carbocycles. The van der Waals surface area contributed by atoms with Crippen molar-refractivity contribution in [3.63, 3.8) is 0 Å². The van der Waals surface area contributed by atoms with Crippen molar-refractivity contribution < 1.29 is 14.7 Å². The first-order valence-electron chi connectivity index (χ1n) is 7.96. The van der Waals surface area contributed by atoms with Crippen molar-refractivity contribution in [3.8, 4) is 10.4 Å². The predicted octanol–water partition coefficient (Wildman–Crippen LogP) is 4.43. The largest absolute Gasteiger partial charge is 0.477 e. The molecule has 2 aromatic rings. The van der Waals surface area contributed by atoms with Gasteiger partial charge in [0.1, 0.15) is 4.88 Å². The van der Waals surface area contributed by atoms with Crippen molar-refractivity contribution in [1.29, 1.82) is 0 Å². The number of benzene rings is 1. The van der Waals surface area contributed by atoms with E-state index >= 15 is 0 Å². The van der Waals surface area contributed by atoms with E-state index in [-0.39, 0.29) is 16.7 Å². The number of hydrogen-bond acceptors (Lipinski definition) is 3. The Morgan fingerprint density at radius 2 is 2.00 bits per heavy atom. The van der Waals surface area contributed by atoms with Crippen LogP contribution in [0.4, 0.5) is 5.69 Å². The number of carbonyl (C=O) groups is 2. The number of carbonyl (C=O) groups excluding carboxylic acids is 1. The second-order valence-corrected chi connectivity index (χ2v) is 6.91. The molecule has 1 heterocycles. The zero-order chi connectivity index (χ0) is 17.1. The van der Waals surface area contributed by atoms with Crippen LogP contribution >= 0.6 is 11.3 Å². The zero-order valence-corrected chi connectivity index (χ0v) is 14.1. The summed E-state index contributed by atoms with van der Waals surface area (Å²) >= 11 is 1.20. The third kappa shape index (κ3) is 3.12. The number of hydrogen-bond donors (Lipinski definition) is 1. The van der Waals surface area contributed by atoms with E-state index in [9.17, 15) is 14.7 Å². The van der Waals surface area contributed by atoms with Crippen LogP contribution in [0.2, 0.25) is 0 Å². The summed E-state index contributed by atoms with van der Waals surface area (Å²) in [7, 11) is 0. The number of carboxylic acid groups (broad SMARTS) is 1. The van der Waals surface area contributed by atoms with E-state index < -0.39 is 5.97 Å². The molecule has 1 saturated carbocycles. The van der Waals surface area contributed by atoms with Gasteiger partial charge in [-0.25, -0.2) is 4.79 Å². The number of thiophene rings is 1. The van der Waals surface area contributed by atoms with Crippen LogP contribution in [0.5, 0.6) is 0 Å². The van der Waals surface area contributed by atoms with Crippen molar-refractivity contribution in [1.82, 2.24) is 0 Å². The van der Waals surface area contributed by atoms with Crippen LogP contribution in [0.1, 0.15) is 28.9 Å². The van der Waals surface area contributed by atoms with E-state index in [4.69, 9.17) is 0 Å². The monoisotopic (exact) mass is 341 g/mol. The van der Waals surface area contributed by atoms with Crippen LogP contribution in [0, 0.1) is 5.92 Å². The van der Waals surface area contributed by atoms with Crippen LogP contribution in [-0.4, -0.2) is 23.5 Å². The summed E-state index contributed by atoms with van der Waals surface area (Å²) in [6.07, 6.45) is 4.46. The molecule has 0 unspecified atom stereocenters. The molecular formula is C19H19NO3S. The molecule has 1 fully saturated rings. The molecule has 1 aliphatic rings. The molecule has 4 nitrogen and oxygen atoms in total. The maximum Gasteiger partial charge on any atom is 0.348 e. The van der Waals surface area contributed by atoms with E-state index in [0.29, 0.717) is 12.2 Å². The van der Waals surface area contributed by atoms with Gasteiger partial charge in [0.25, 0.3) is 0 Å². The number of nitrogens with zero attached hydrogens (tertiary/aromatic N) is 1. The van der Waals surface area contributed by atoms with Crippen molar-refractivity contribution in [2.75, 3.05) is 11.4 Å². The normalized spacial score (nSPS) is 14.0. The molecule has 0 atom stereocenters. The zero-order valence-electron chi connectivity index (χ0n) is 13.3. The average molecular weight is 341 g/mol. The van der Waals surface area contributed by atoms with Crippen LogP contribution in [0.15, 0.2) is 49.1 Å². The highest BCUT2D eigenvalue weighted by Gasteiger charge is 2.32. The van der Waals surface area contributed by atoms with Gasteiger partial charge in [-0.1, -0.05) is 42.8 Å². The van der Waals surface area contributed by atoms with E-state index in [1.807, 2.05) is 36.4 Å². The quantitative estimate of drug-likeness (QED) is 0.791. The second-order valence-electron chi connectivity index (χ2n) is 5.86. The molecule has 0 bridgehead atoms. The maximum atomic E-state index is 12.7. The molecule has 1 aromatic heterocycles. The molecule has 24 heavy (non-hydrogen) atoms. The first-order valence-corrected chi connectivity index (χ1v) is 8.78. The van der Waals surface area contributed by atoms with Gasteiger partial charge in [-0.3, -0.25) is 4.79 Å². The minimum atomic E-state index is -1.01. The van der Waals surface area contributed by atoms with Crippen LogP contribution < -0.4 is 4.90 Å². The van der Waals surface area contributed by atoms with Gasteiger partial charge in [-0.05, 0) is 24.5 Å². The lowest BCUT2D eigenvalue weighted by atomic mass is 9.84. The number of anilines is 1. The standard InChI is InChI=1S/C19H19NO3S/c1-2-11-20(18(21)14-9-6-10-14)15-12-16(24-17(15)19(22)23)13-7-4-3-5-8-13/h2-5,7-8,12,14H,1,6,9-11H2,(H,22,23). The van der Waals surface area contributed by atoms with Crippen LogP contribution in [0.3, 0.4) is 0 Å². The van der Waals surface area contributed by atoms with Gasteiger partial charge in [0.2, 0.25) is 5.91 Å². The lowest BCUT2D eigenvalue weighted by Crippen LogP contribution is -2.39. The van der Waals surface area contributed by atoms with Crippen molar-refractivity contribution in [2.24, 2.45) is 5.92 Å². The van der Waals surface area contributed by atoms with Crippen molar-refractivity contribution in [3.05, 3.63) is 53.9 Å². The van der Waals surface area contributed by atoms with Gasteiger partial charge in [0.15, 0.2) is 0 Å². The van der Waals surface area contributed by atoms with Gasteiger partial charge in [0, 0.05) is 17.3 Å². The van der Waals surface area contributed by atoms with E-state index in [1.54, 1.807) is 11.0 Å². The molecule has 0 spiro atoms. The minimum absolute atomic E-state index is 0.000983. The average Bonchev–Trinajstić information content (AvgIpc) is 2.97. The molecular weight excluding hydrogens is 322 g/mol. The summed E-state index contributed by atoms with van der Waals surface area (Å²) in [4.78, 5) is 27.0. The van der Waals surface area contributed by atoms with Crippen LogP contribution in [-0.2, 0) is 4.79 Å². The lowest BCUT2D eigenvalue weighted by molar-refractivity contribution is -0.124. The number of amides is 1. The molecule has 0 radical (unpaired) electrons. The Balaban J connectivity index is 2.03. The molecule has 0 aliphatic heterocycles. The van der Waals surface area contributed by atoms with Crippen LogP contribution in [0.25, 0.3) is 10.4 Å². The SMILES string of the molecule is C=CCN(C(=O)C1CCC1)c1cc(-c2ccccc2)sc1C(=O)O. The highest BCUT2D eigenvalue weighted by Crippen LogP contribution is 2.39. The molecule has 5 heteroatoms. The van der Waals surface area contributed by atoms with Gasteiger partial charge >= 0.3 is 5.97 Å². The topological polar surface area (TPSA) is 57.6 Å². The second kappa shape index (κ2) is 7.01. The first kappa shape index (κ1) is 16.5. The highest BCUT2D eigenvalue weighted by atomic mass is 32.1. The maximum absolute atomic E-state index is 12.7. The Hall–Kier alpha value is -2.40. The van der Waals surface area contributed by atoms with E-state index in [0.717, 1.165) is 29.7 Å². The third-order valence-electron chi connectivity index (χ3n) is 4.29. The summed E-state index contributed by atoms with van der Waals surface area (Å²) in [5, 5.41) is 9.58. The number of rotatable bonds is 6. The smallest absolute Gasteiger partial charge is 0.348 e. The summed E-state index contributed by atoms with van der Waals surface area (Å²) in [6, 6.07) is 11.4. The fraction of sp³-hybridized carbons (Fsp3) is 0.263. The third-order valence-corrected chi connectivity index (χ3v) is 5.45. The predicted molar refractivity (Wildman–Crippen MR) is 96.6 cm³/mol. The summed E-state index contributed by atoms with van der Waals surface area (Å²) in [5.74, 6) is -1.000. The molecule has 124 valence electrons. The first-order chi connectivity index (χ1) is 11.6. The molecule has 0 saturated heterocycles. The number of carboxylic acids is 1. The molecule has 3 rings (SSSR count). The van der Waals surface area contributed by atoms with Gasteiger partial charge in [0.05, 0.1) is 5.69 Å². The summed E-state index contributed by atoms with van der Waals surface area (Å²) in [6.45, 7) is 4.03. The summed E-state index contributed by atoms with van der Waals surface area (Å²) in [5.41, 5.74) is 1.43. The van der Waals surface area contributed by atoms with Gasteiger partial charge in [-0.2, -0.15) is 0 Å². The van der Waals surface area contributed by atoms with Crippen molar-refractivity contribution in [2.45, 2.75) is 19.3 Å². The van der Waals surface area contributed by atoms with Gasteiger partial charge < -0.3 is 10.0 Å². The summed E-state index contributed by atoms with van der Waals surface area (Å²) < 4.78 is 0. The fourth-order valence-electron chi connectivity index (χ4n) is 2.79. The molecule has 1 N–H and O–H groups in total. The molecule has 1 aliphatic carbocycles. The Bertz CT molecular complexity index is 762. The Morgan fingerprint density at radius 3 is 2.54 bits per heavy atom. The van der Waals surface area contributed by atoms with Gasteiger partial charge in [-0.15, -0.1) is 17.9 Å². The Kier molecular flexibility index (Phi) is 4.81. The van der Waals surface area contributed by atoms with E-state index in [1.165, 1.54) is 11.3 Å². The van der Waals surface area contributed by atoms with Crippen molar-refractivity contribution >= 4 is 28.9 Å². The Morgan fingerprint density at radius 1 is 1.29 bits per heavy atom. The lowest BCUT2D eigenvalue weighted by Gasteiger charge is -2.31. The highest BCUT2D eigenvalue weighted by molar-refractivity contribution is 7.18. The number of aromatic carboxylic acids is 1.